The van der Waals surface area contributed by atoms with Crippen LogP contribution in [0.3, 0.4) is 0 Å². The third kappa shape index (κ3) is 4.38. The molecule has 0 spiro atoms. The number of benzene rings is 1. The Morgan fingerprint density at radius 2 is 1.93 bits per heavy atom. The van der Waals surface area contributed by atoms with Gasteiger partial charge in [-0.2, -0.15) is 0 Å². The Kier molecular flexibility index (Phi) is 5.25. The summed E-state index contributed by atoms with van der Waals surface area (Å²) in [5.41, 5.74) is 0.947. The van der Waals surface area contributed by atoms with Gasteiger partial charge in [0.05, 0.1) is 19.8 Å². The second-order valence-electron chi connectivity index (χ2n) is 3.27. The van der Waals surface area contributed by atoms with Gasteiger partial charge in [-0.15, -0.1) is 0 Å². The van der Waals surface area contributed by atoms with Gasteiger partial charge in [-0.1, -0.05) is 30.3 Å². The first-order valence-corrected chi connectivity index (χ1v) is 4.78. The maximum atomic E-state index is 13.0. The fraction of sp³-hybridized carbons (Fsp3) is 0.455. The summed E-state index contributed by atoms with van der Waals surface area (Å²) in [6.07, 6.45) is -2.90. The van der Waals surface area contributed by atoms with E-state index in [0.29, 0.717) is 6.61 Å². The molecule has 0 aliphatic heterocycles. The molecule has 0 aliphatic carbocycles. The number of alkyl halides is 1. The molecule has 15 heavy (non-hydrogen) atoms. The number of ether oxygens (including phenoxy) is 1. The second-order valence-corrected chi connectivity index (χ2v) is 3.27. The van der Waals surface area contributed by atoms with Crippen LogP contribution in [0.2, 0.25) is 0 Å². The van der Waals surface area contributed by atoms with Gasteiger partial charge < -0.3 is 14.9 Å². The molecule has 0 saturated heterocycles. The lowest BCUT2D eigenvalue weighted by molar-refractivity contribution is -0.0214. The van der Waals surface area contributed by atoms with Crippen molar-refractivity contribution >= 4 is 0 Å². The molecule has 0 aromatic heterocycles. The summed E-state index contributed by atoms with van der Waals surface area (Å²) in [5.74, 6) is 0. The van der Waals surface area contributed by atoms with Gasteiger partial charge in [0.1, 0.15) is 6.10 Å². The average molecular weight is 214 g/mol. The van der Waals surface area contributed by atoms with Crippen molar-refractivity contribution in [2.24, 2.45) is 0 Å². The largest absolute Gasteiger partial charge is 0.394 e. The Hall–Kier alpha value is -0.970. The Labute approximate surface area is 88.1 Å². The van der Waals surface area contributed by atoms with Gasteiger partial charge in [0.25, 0.3) is 0 Å². The zero-order valence-electron chi connectivity index (χ0n) is 8.34. The number of hydrogen-bond acceptors (Lipinski definition) is 3. The van der Waals surface area contributed by atoms with E-state index in [-0.39, 0.29) is 6.61 Å². The summed E-state index contributed by atoms with van der Waals surface area (Å²) in [7, 11) is 0. The first-order chi connectivity index (χ1) is 7.24. The molecular formula is C11H15FO3. The van der Waals surface area contributed by atoms with Crippen LogP contribution in [-0.2, 0) is 11.3 Å². The van der Waals surface area contributed by atoms with Gasteiger partial charge in [0.2, 0.25) is 0 Å². The molecule has 2 N–H and O–H groups in total. The van der Waals surface area contributed by atoms with Gasteiger partial charge in [-0.05, 0) is 5.56 Å². The second kappa shape index (κ2) is 6.50. The lowest BCUT2D eigenvalue weighted by atomic mass is 10.2. The Bertz CT molecular complexity index is 266. The van der Waals surface area contributed by atoms with E-state index in [9.17, 15) is 4.39 Å². The van der Waals surface area contributed by atoms with Crippen LogP contribution in [0.1, 0.15) is 5.56 Å². The number of hydrogen-bond donors (Lipinski definition) is 2. The number of aliphatic hydroxyl groups is 2. The summed E-state index contributed by atoms with van der Waals surface area (Å²) in [5, 5.41) is 17.4. The molecule has 0 heterocycles. The van der Waals surface area contributed by atoms with E-state index in [1.165, 1.54) is 0 Å². The topological polar surface area (TPSA) is 49.7 Å². The summed E-state index contributed by atoms with van der Waals surface area (Å²) in [4.78, 5) is 0. The smallest absolute Gasteiger partial charge is 0.151 e. The minimum absolute atomic E-state index is 0.212. The first-order valence-electron chi connectivity index (χ1n) is 4.78. The fourth-order valence-corrected chi connectivity index (χ4v) is 1.09. The minimum atomic E-state index is -1.54. The van der Waals surface area contributed by atoms with Gasteiger partial charge in [0.15, 0.2) is 6.17 Å². The normalized spacial score (nSPS) is 14.9. The van der Waals surface area contributed by atoms with Crippen molar-refractivity contribution in [1.29, 1.82) is 0 Å². The zero-order valence-corrected chi connectivity index (χ0v) is 8.34. The molecule has 0 aliphatic rings. The van der Waals surface area contributed by atoms with Crippen molar-refractivity contribution in [3.8, 4) is 0 Å². The van der Waals surface area contributed by atoms with E-state index in [1.54, 1.807) is 0 Å². The van der Waals surface area contributed by atoms with Crippen molar-refractivity contribution in [2.45, 2.75) is 18.9 Å². The molecule has 2 atom stereocenters. The minimum Gasteiger partial charge on any atom is -0.394 e. The Morgan fingerprint density at radius 1 is 1.27 bits per heavy atom. The van der Waals surface area contributed by atoms with Crippen LogP contribution >= 0.6 is 0 Å². The van der Waals surface area contributed by atoms with Crippen molar-refractivity contribution in [3.63, 3.8) is 0 Å². The van der Waals surface area contributed by atoms with E-state index in [0.717, 1.165) is 5.56 Å². The standard InChI is InChI=1S/C11H15FO3/c12-10(11(14)6-13)8-15-7-9-4-2-1-3-5-9/h1-5,10-11,13-14H,6-8H2. The third-order valence-corrected chi connectivity index (χ3v) is 1.99. The van der Waals surface area contributed by atoms with Gasteiger partial charge in [0, 0.05) is 0 Å². The molecule has 0 bridgehead atoms. The predicted octanol–water partition coefficient (Wildman–Crippen LogP) is 0.895. The van der Waals surface area contributed by atoms with Crippen LogP contribution in [0.4, 0.5) is 4.39 Å². The van der Waals surface area contributed by atoms with Gasteiger partial charge >= 0.3 is 0 Å². The fourth-order valence-electron chi connectivity index (χ4n) is 1.09. The van der Waals surface area contributed by atoms with Crippen LogP contribution in [0.15, 0.2) is 30.3 Å². The van der Waals surface area contributed by atoms with Crippen molar-refractivity contribution in [1.82, 2.24) is 0 Å². The number of rotatable bonds is 6. The number of aliphatic hydroxyl groups excluding tert-OH is 2. The molecule has 1 rings (SSSR count). The highest BCUT2D eigenvalue weighted by molar-refractivity contribution is 5.13. The molecule has 1 aromatic carbocycles. The van der Waals surface area contributed by atoms with Gasteiger partial charge in [-0.25, -0.2) is 4.39 Å². The lowest BCUT2D eigenvalue weighted by Gasteiger charge is -2.13. The highest BCUT2D eigenvalue weighted by atomic mass is 19.1. The van der Waals surface area contributed by atoms with E-state index in [1.807, 2.05) is 30.3 Å². The molecular weight excluding hydrogens is 199 g/mol. The molecule has 0 amide bonds. The first kappa shape index (κ1) is 12.1. The summed E-state index contributed by atoms with van der Waals surface area (Å²) >= 11 is 0. The van der Waals surface area contributed by atoms with E-state index in [4.69, 9.17) is 14.9 Å². The van der Waals surface area contributed by atoms with Crippen LogP contribution in [0.25, 0.3) is 0 Å². The maximum absolute atomic E-state index is 13.0. The van der Waals surface area contributed by atoms with Crippen LogP contribution in [-0.4, -0.2) is 35.7 Å². The molecule has 3 nitrogen and oxygen atoms in total. The summed E-state index contributed by atoms with van der Waals surface area (Å²) in [6, 6.07) is 9.37. The van der Waals surface area contributed by atoms with E-state index < -0.39 is 18.9 Å². The highest BCUT2D eigenvalue weighted by Crippen LogP contribution is 2.04. The summed E-state index contributed by atoms with van der Waals surface area (Å²) in [6.45, 7) is -0.494. The Balaban J connectivity index is 2.22. The molecule has 1 aromatic rings. The third-order valence-electron chi connectivity index (χ3n) is 1.99. The van der Waals surface area contributed by atoms with E-state index >= 15 is 0 Å². The quantitative estimate of drug-likeness (QED) is 0.739. The lowest BCUT2D eigenvalue weighted by Crippen LogP contribution is -2.29. The molecule has 0 radical (unpaired) electrons. The van der Waals surface area contributed by atoms with Crippen molar-refractivity contribution < 1.29 is 19.3 Å². The zero-order chi connectivity index (χ0) is 11.1. The number of halogens is 1. The van der Waals surface area contributed by atoms with Crippen molar-refractivity contribution in [2.75, 3.05) is 13.2 Å². The monoisotopic (exact) mass is 214 g/mol. The SMILES string of the molecule is OCC(O)C(F)COCc1ccccc1. The van der Waals surface area contributed by atoms with E-state index in [2.05, 4.69) is 0 Å². The summed E-state index contributed by atoms with van der Waals surface area (Å²) < 4.78 is 18.0. The highest BCUT2D eigenvalue weighted by Gasteiger charge is 2.17. The maximum Gasteiger partial charge on any atom is 0.151 e. The predicted molar refractivity (Wildman–Crippen MR) is 54.1 cm³/mol. The molecule has 4 heteroatoms. The van der Waals surface area contributed by atoms with Gasteiger partial charge in [-0.3, -0.25) is 0 Å². The average Bonchev–Trinajstić information content (AvgIpc) is 2.29. The van der Waals surface area contributed by atoms with Crippen molar-refractivity contribution in [3.05, 3.63) is 35.9 Å². The van der Waals surface area contributed by atoms with Crippen LogP contribution < -0.4 is 0 Å². The Morgan fingerprint density at radius 3 is 2.53 bits per heavy atom. The molecule has 0 saturated carbocycles. The van der Waals surface area contributed by atoms with Crippen LogP contribution in [0.5, 0.6) is 0 Å². The van der Waals surface area contributed by atoms with Crippen LogP contribution in [0, 0.1) is 0 Å². The molecule has 2 unspecified atom stereocenters. The molecule has 84 valence electrons. The molecule has 0 fully saturated rings.